The van der Waals surface area contributed by atoms with E-state index < -0.39 is 5.91 Å². The molecule has 4 atom stereocenters. The van der Waals surface area contributed by atoms with E-state index in [1.165, 1.54) is 0 Å². The van der Waals surface area contributed by atoms with Crippen LogP contribution in [0.4, 0.5) is 11.5 Å². The van der Waals surface area contributed by atoms with E-state index in [1.807, 2.05) is 12.1 Å². The molecule has 1 aromatic carbocycles. The summed E-state index contributed by atoms with van der Waals surface area (Å²) in [5, 5.41) is 6.53. The molecule has 4 N–H and O–H groups in total. The van der Waals surface area contributed by atoms with E-state index in [-0.39, 0.29) is 23.8 Å². The summed E-state index contributed by atoms with van der Waals surface area (Å²) in [6, 6.07) is 9.18. The zero-order valence-electron chi connectivity index (χ0n) is 20.5. The molecule has 0 radical (unpaired) electrons. The Morgan fingerprint density at radius 2 is 1.92 bits per heavy atom. The molecule has 3 heterocycles. The van der Waals surface area contributed by atoms with Crippen LogP contribution in [0.3, 0.4) is 0 Å². The Morgan fingerprint density at radius 1 is 1.08 bits per heavy atom. The number of anilines is 2. The number of hydrogen-bond acceptors (Lipinski definition) is 7. The first-order valence-electron chi connectivity index (χ1n) is 12.7. The van der Waals surface area contributed by atoms with Crippen molar-refractivity contribution in [2.75, 3.05) is 30.0 Å². The van der Waals surface area contributed by atoms with Gasteiger partial charge in [-0.15, -0.1) is 0 Å². The van der Waals surface area contributed by atoms with E-state index in [0.29, 0.717) is 47.6 Å². The van der Waals surface area contributed by atoms with E-state index in [2.05, 4.69) is 20.5 Å². The first kappa shape index (κ1) is 24.2. The maximum atomic E-state index is 13.2. The van der Waals surface area contributed by atoms with Crippen LogP contribution in [0.5, 0.6) is 0 Å². The van der Waals surface area contributed by atoms with Gasteiger partial charge in [0.1, 0.15) is 5.82 Å². The number of amides is 2. The molecule has 2 aromatic rings. The summed E-state index contributed by atoms with van der Waals surface area (Å²) in [6.07, 6.45) is 6.45. The van der Waals surface area contributed by atoms with Crippen LogP contribution in [0.15, 0.2) is 36.5 Å². The quantitative estimate of drug-likeness (QED) is 0.508. The summed E-state index contributed by atoms with van der Waals surface area (Å²) in [5.41, 5.74) is 7.60. The molecule has 3 aliphatic rings. The van der Waals surface area contributed by atoms with Crippen molar-refractivity contribution in [3.05, 3.63) is 53.2 Å². The average Bonchev–Trinajstić information content (AvgIpc) is 3.53. The molecule has 9 heteroatoms. The molecular formula is C27H33N5O4. The third-order valence-corrected chi connectivity index (χ3v) is 7.65. The minimum Gasteiger partial charge on any atom is -0.379 e. The fraction of sp³-hybridized carbons (Fsp3) is 0.481. The van der Waals surface area contributed by atoms with E-state index in [9.17, 15) is 14.4 Å². The van der Waals surface area contributed by atoms with Crippen LogP contribution in [0.25, 0.3) is 0 Å². The van der Waals surface area contributed by atoms with Gasteiger partial charge < -0.3 is 26.0 Å². The highest BCUT2D eigenvalue weighted by Gasteiger charge is 2.41. The monoisotopic (exact) mass is 491 g/mol. The first-order valence-corrected chi connectivity index (χ1v) is 12.7. The van der Waals surface area contributed by atoms with E-state index in [4.69, 9.17) is 10.5 Å². The van der Waals surface area contributed by atoms with Gasteiger partial charge in [0.2, 0.25) is 0 Å². The summed E-state index contributed by atoms with van der Waals surface area (Å²) >= 11 is 0. The third kappa shape index (κ3) is 5.06. The molecule has 0 bridgehead atoms. The van der Waals surface area contributed by atoms with Crippen LogP contribution in [-0.4, -0.2) is 60.5 Å². The highest BCUT2D eigenvalue weighted by molar-refractivity contribution is 6.02. The second kappa shape index (κ2) is 10.3. The first-order chi connectivity index (χ1) is 17.4. The van der Waals surface area contributed by atoms with Crippen LogP contribution in [0, 0.1) is 5.92 Å². The number of pyridine rings is 1. The number of hydrogen-bond donors (Lipinski definition) is 3. The molecule has 4 unspecified atom stereocenters. The summed E-state index contributed by atoms with van der Waals surface area (Å²) < 4.78 is 5.42. The maximum absolute atomic E-state index is 13.2. The molecule has 190 valence electrons. The Hall–Kier alpha value is -3.46. The lowest BCUT2D eigenvalue weighted by Gasteiger charge is -2.38. The number of primary amides is 1. The van der Waals surface area contributed by atoms with Crippen LogP contribution >= 0.6 is 0 Å². The van der Waals surface area contributed by atoms with Gasteiger partial charge in [0.15, 0.2) is 5.78 Å². The normalized spacial score (nSPS) is 25.3. The molecule has 5 rings (SSSR count). The van der Waals surface area contributed by atoms with Crippen LogP contribution < -0.4 is 21.3 Å². The smallest absolute Gasteiger partial charge is 0.251 e. The van der Waals surface area contributed by atoms with Crippen molar-refractivity contribution in [2.24, 2.45) is 11.7 Å². The highest BCUT2D eigenvalue weighted by Crippen LogP contribution is 2.39. The number of Topliss-reactive ketones (excluding diaryl/α,β-unsaturated/α-hetero) is 1. The predicted octanol–water partition coefficient (Wildman–Crippen LogP) is 2.76. The largest absolute Gasteiger partial charge is 0.379 e. The van der Waals surface area contributed by atoms with Crippen LogP contribution in [-0.2, 0) is 4.74 Å². The molecule has 2 amide bonds. The van der Waals surface area contributed by atoms with E-state index in [0.717, 1.165) is 44.5 Å². The number of rotatable bonds is 7. The molecule has 2 aliphatic heterocycles. The second-order valence-electron chi connectivity index (χ2n) is 10.1. The number of nitrogens with two attached hydrogens (primary N) is 1. The average molecular weight is 492 g/mol. The number of piperidine rings is 1. The summed E-state index contributed by atoms with van der Waals surface area (Å²) in [4.78, 5) is 43.6. The van der Waals surface area contributed by atoms with Gasteiger partial charge in [0, 0.05) is 48.2 Å². The van der Waals surface area contributed by atoms with Crippen molar-refractivity contribution in [3.63, 3.8) is 0 Å². The summed E-state index contributed by atoms with van der Waals surface area (Å²) in [5.74, 6) is 0.683. The number of benzene rings is 1. The fourth-order valence-electron chi connectivity index (χ4n) is 5.81. The van der Waals surface area contributed by atoms with Crippen molar-refractivity contribution in [1.29, 1.82) is 0 Å². The van der Waals surface area contributed by atoms with Gasteiger partial charge in [-0.1, -0.05) is 0 Å². The van der Waals surface area contributed by atoms with Gasteiger partial charge in [-0.2, -0.15) is 0 Å². The molecule has 1 aliphatic carbocycles. The maximum Gasteiger partial charge on any atom is 0.251 e. The van der Waals surface area contributed by atoms with E-state index in [1.54, 1.807) is 31.3 Å². The topological polar surface area (TPSA) is 127 Å². The lowest BCUT2D eigenvalue weighted by Crippen LogP contribution is -2.43. The predicted molar refractivity (Wildman–Crippen MR) is 136 cm³/mol. The van der Waals surface area contributed by atoms with Crippen LogP contribution in [0.2, 0.25) is 0 Å². The Morgan fingerprint density at radius 3 is 2.61 bits per heavy atom. The van der Waals surface area contributed by atoms with Crippen molar-refractivity contribution in [1.82, 2.24) is 10.3 Å². The summed E-state index contributed by atoms with van der Waals surface area (Å²) in [6.45, 7) is 3.69. The Labute approximate surface area is 210 Å². The number of fused-ring (bicyclic) bond motifs is 1. The van der Waals surface area contributed by atoms with Gasteiger partial charge >= 0.3 is 0 Å². The molecular weight excluding hydrogens is 458 g/mol. The lowest BCUT2D eigenvalue weighted by molar-refractivity contribution is 0.0934. The highest BCUT2D eigenvalue weighted by atomic mass is 16.5. The Kier molecular flexibility index (Phi) is 6.91. The number of nitrogens with zero attached hydrogens (tertiary/aromatic N) is 2. The van der Waals surface area contributed by atoms with Crippen LogP contribution in [0.1, 0.15) is 70.1 Å². The summed E-state index contributed by atoms with van der Waals surface area (Å²) in [7, 11) is 0. The molecule has 9 nitrogen and oxygen atoms in total. The zero-order valence-corrected chi connectivity index (χ0v) is 20.5. The minimum atomic E-state index is -0.534. The third-order valence-electron chi connectivity index (χ3n) is 7.65. The van der Waals surface area contributed by atoms with Gasteiger partial charge in [-0.3, -0.25) is 14.4 Å². The Balaban J connectivity index is 1.27. The number of aromatic nitrogens is 1. The van der Waals surface area contributed by atoms with Crippen molar-refractivity contribution in [2.45, 2.75) is 57.2 Å². The molecule has 36 heavy (non-hydrogen) atoms. The number of carbonyl (C=O) groups is 3. The number of ketones is 1. The van der Waals surface area contributed by atoms with Crippen molar-refractivity contribution < 1.29 is 19.1 Å². The molecule has 3 fully saturated rings. The van der Waals surface area contributed by atoms with Gasteiger partial charge in [0.05, 0.1) is 18.2 Å². The van der Waals surface area contributed by atoms with Gasteiger partial charge in [0.25, 0.3) is 11.8 Å². The zero-order chi connectivity index (χ0) is 25.2. The van der Waals surface area contributed by atoms with Crippen molar-refractivity contribution in [3.8, 4) is 0 Å². The molecule has 1 saturated carbocycles. The second-order valence-corrected chi connectivity index (χ2v) is 10.1. The number of ether oxygens (including phenoxy) is 1. The molecule has 2 saturated heterocycles. The van der Waals surface area contributed by atoms with Gasteiger partial charge in [-0.25, -0.2) is 4.98 Å². The van der Waals surface area contributed by atoms with Crippen molar-refractivity contribution >= 4 is 29.1 Å². The minimum absolute atomic E-state index is 0.00741. The standard InChI is InChI=1S/C27H33N5O4/c1-16(33)19-5-7-25(29-14-19)32-9-2-3-17-11-21(13-24(17)32)31-27(35)18-4-6-22(26(28)34)23(12-18)30-20-8-10-36-15-20/h4-7,12,14,17,20-21,24,30H,2-3,8-11,13,15H2,1H3,(H2,28,34)(H,31,35). The SMILES string of the molecule is CC(=O)c1ccc(N2CCCC3CC(NC(=O)c4ccc(C(N)=O)c(NC5CCOC5)c4)CC32)nc1. The fourth-order valence-corrected chi connectivity index (χ4v) is 5.81. The number of nitrogens with one attached hydrogen (secondary N) is 2. The molecule has 1 aromatic heterocycles. The lowest BCUT2D eigenvalue weighted by atomic mass is 9.92. The number of carbonyl (C=O) groups excluding carboxylic acids is 3. The molecule has 0 spiro atoms. The van der Waals surface area contributed by atoms with E-state index >= 15 is 0 Å². The Bertz CT molecular complexity index is 1150. The van der Waals surface area contributed by atoms with Gasteiger partial charge in [-0.05, 0) is 75.3 Å².